The average molecular weight is 255 g/mol. The number of rotatable bonds is 4. The Morgan fingerprint density at radius 3 is 2.11 bits per heavy atom. The van der Waals surface area contributed by atoms with Gasteiger partial charge in [0.2, 0.25) is 0 Å². The van der Waals surface area contributed by atoms with Crippen molar-refractivity contribution in [2.24, 2.45) is 0 Å². The van der Waals surface area contributed by atoms with Crippen molar-refractivity contribution in [1.82, 2.24) is 4.90 Å². The van der Waals surface area contributed by atoms with Crippen molar-refractivity contribution in [2.75, 3.05) is 32.8 Å². The van der Waals surface area contributed by atoms with E-state index >= 15 is 0 Å². The van der Waals surface area contributed by atoms with E-state index in [-0.39, 0.29) is 18.3 Å². The Kier molecular flexibility index (Phi) is 4.37. The minimum Gasteiger partial charge on any atom is -0.403 e. The van der Waals surface area contributed by atoms with Gasteiger partial charge in [-0.2, -0.15) is 0 Å². The lowest BCUT2D eigenvalue weighted by Crippen LogP contribution is -2.41. The second-order valence-corrected chi connectivity index (χ2v) is 6.28. The normalized spacial score (nSPS) is 27.7. The fourth-order valence-electron chi connectivity index (χ4n) is 2.39. The molecule has 0 aromatic carbocycles. The molecule has 0 unspecified atom stereocenters. The van der Waals surface area contributed by atoms with Crippen LogP contribution in [-0.4, -0.2) is 56.1 Å². The third kappa shape index (κ3) is 3.26. The number of nitrogens with zero attached hydrogens (tertiary/aromatic N) is 1. The molecule has 5 heteroatoms. The maximum atomic E-state index is 5.99. The molecule has 18 heavy (non-hydrogen) atoms. The number of morpholine rings is 1. The van der Waals surface area contributed by atoms with Crippen LogP contribution in [0.1, 0.15) is 34.1 Å². The zero-order chi connectivity index (χ0) is 13.2. The van der Waals surface area contributed by atoms with E-state index in [0.29, 0.717) is 0 Å². The van der Waals surface area contributed by atoms with Gasteiger partial charge < -0.3 is 14.0 Å². The van der Waals surface area contributed by atoms with E-state index in [1.165, 1.54) is 0 Å². The van der Waals surface area contributed by atoms with Crippen LogP contribution in [0, 0.1) is 0 Å². The van der Waals surface area contributed by atoms with Crippen LogP contribution >= 0.6 is 0 Å². The van der Waals surface area contributed by atoms with Crippen LogP contribution < -0.4 is 0 Å². The molecule has 0 saturated carbocycles. The lowest BCUT2D eigenvalue weighted by molar-refractivity contribution is 0.00578. The lowest BCUT2D eigenvalue weighted by Gasteiger charge is -2.32. The van der Waals surface area contributed by atoms with E-state index in [0.717, 1.165) is 45.6 Å². The van der Waals surface area contributed by atoms with Gasteiger partial charge in [0, 0.05) is 13.1 Å². The summed E-state index contributed by atoms with van der Waals surface area (Å²) in [6.07, 6.45) is 2.10. The Balaban J connectivity index is 1.69. The summed E-state index contributed by atoms with van der Waals surface area (Å²) in [4.78, 5) is 2.45. The summed E-state index contributed by atoms with van der Waals surface area (Å²) in [5, 5.41) is 0. The first-order valence-electron chi connectivity index (χ1n) is 7.06. The fourth-order valence-corrected chi connectivity index (χ4v) is 2.39. The molecule has 2 aliphatic heterocycles. The number of hydrogen-bond donors (Lipinski definition) is 0. The molecular formula is C13H26BNO3. The average Bonchev–Trinajstić information content (AvgIpc) is 2.49. The van der Waals surface area contributed by atoms with Gasteiger partial charge in [-0.1, -0.05) is 0 Å². The monoisotopic (exact) mass is 255 g/mol. The minimum atomic E-state index is -0.198. The highest BCUT2D eigenvalue weighted by atomic mass is 16.7. The molecule has 2 rings (SSSR count). The van der Waals surface area contributed by atoms with Crippen LogP contribution in [0.25, 0.3) is 0 Å². The molecule has 0 amide bonds. The van der Waals surface area contributed by atoms with Crippen molar-refractivity contribution in [3.05, 3.63) is 0 Å². The van der Waals surface area contributed by atoms with Crippen molar-refractivity contribution < 1.29 is 14.0 Å². The topological polar surface area (TPSA) is 30.9 Å². The highest BCUT2D eigenvalue weighted by Crippen LogP contribution is 2.37. The van der Waals surface area contributed by atoms with E-state index in [9.17, 15) is 0 Å². The molecule has 0 N–H and O–H groups in total. The Morgan fingerprint density at radius 2 is 1.56 bits per heavy atom. The fraction of sp³-hybridized carbons (Fsp3) is 1.00. The molecule has 0 bridgehead atoms. The zero-order valence-electron chi connectivity index (χ0n) is 12.2. The van der Waals surface area contributed by atoms with Crippen LogP contribution in [0.4, 0.5) is 0 Å². The van der Waals surface area contributed by atoms with Crippen LogP contribution in [0.5, 0.6) is 0 Å². The smallest absolute Gasteiger partial charge is 0.403 e. The predicted molar refractivity (Wildman–Crippen MR) is 72.8 cm³/mol. The quantitative estimate of drug-likeness (QED) is 0.717. The lowest BCUT2D eigenvalue weighted by atomic mass is 9.83. The standard InChI is InChI=1S/C13H26BNO3/c1-12(2)13(3,4)18-14(17-12)6-5-7-15-8-10-16-11-9-15/h5-11H2,1-4H3. The van der Waals surface area contributed by atoms with Crippen LogP contribution in [0.15, 0.2) is 0 Å². The Labute approximate surface area is 111 Å². The van der Waals surface area contributed by atoms with Crippen LogP contribution in [-0.2, 0) is 14.0 Å². The summed E-state index contributed by atoms with van der Waals surface area (Å²) in [7, 11) is -0.0453. The third-order valence-corrected chi connectivity index (χ3v) is 4.32. The van der Waals surface area contributed by atoms with E-state index in [2.05, 4.69) is 32.6 Å². The second-order valence-electron chi connectivity index (χ2n) is 6.28. The molecule has 0 aliphatic carbocycles. The number of hydrogen-bond acceptors (Lipinski definition) is 4. The largest absolute Gasteiger partial charge is 0.457 e. The van der Waals surface area contributed by atoms with E-state index in [1.807, 2.05) is 0 Å². The van der Waals surface area contributed by atoms with Gasteiger partial charge in [0.05, 0.1) is 24.4 Å². The molecule has 0 aromatic rings. The summed E-state index contributed by atoms with van der Waals surface area (Å²) in [5.41, 5.74) is -0.396. The van der Waals surface area contributed by atoms with Gasteiger partial charge in [-0.3, -0.25) is 4.90 Å². The zero-order valence-corrected chi connectivity index (χ0v) is 12.2. The molecule has 0 radical (unpaired) electrons. The Hall–Kier alpha value is -0.0951. The van der Waals surface area contributed by atoms with Gasteiger partial charge in [-0.15, -0.1) is 0 Å². The van der Waals surface area contributed by atoms with Crippen molar-refractivity contribution in [3.63, 3.8) is 0 Å². The van der Waals surface area contributed by atoms with Crippen molar-refractivity contribution >= 4 is 7.12 Å². The molecule has 2 heterocycles. The number of ether oxygens (including phenoxy) is 1. The molecule has 0 spiro atoms. The predicted octanol–water partition coefficient (Wildman–Crippen LogP) is 1.80. The van der Waals surface area contributed by atoms with Gasteiger partial charge in [0.1, 0.15) is 0 Å². The molecule has 0 aromatic heterocycles. The van der Waals surface area contributed by atoms with E-state index in [1.54, 1.807) is 0 Å². The molecule has 4 nitrogen and oxygen atoms in total. The van der Waals surface area contributed by atoms with Crippen molar-refractivity contribution in [3.8, 4) is 0 Å². The molecule has 2 saturated heterocycles. The maximum absolute atomic E-state index is 5.99. The molecule has 104 valence electrons. The second kappa shape index (κ2) is 5.49. The minimum absolute atomic E-state index is 0.0453. The highest BCUT2D eigenvalue weighted by Gasteiger charge is 2.50. The first-order valence-corrected chi connectivity index (χ1v) is 7.06. The maximum Gasteiger partial charge on any atom is 0.457 e. The summed E-state index contributed by atoms with van der Waals surface area (Å²) in [6.45, 7) is 13.4. The summed E-state index contributed by atoms with van der Waals surface area (Å²) in [5.74, 6) is 0. The van der Waals surface area contributed by atoms with Gasteiger partial charge in [-0.05, 0) is 47.0 Å². The van der Waals surface area contributed by atoms with Crippen LogP contribution in [0.2, 0.25) is 6.32 Å². The molecule has 0 atom stereocenters. The van der Waals surface area contributed by atoms with Gasteiger partial charge in [-0.25, -0.2) is 0 Å². The summed E-state index contributed by atoms with van der Waals surface area (Å²) in [6, 6.07) is 0. The molecule has 2 aliphatic rings. The van der Waals surface area contributed by atoms with E-state index < -0.39 is 0 Å². The van der Waals surface area contributed by atoms with Gasteiger partial charge in [0.25, 0.3) is 0 Å². The van der Waals surface area contributed by atoms with E-state index in [4.69, 9.17) is 14.0 Å². The van der Waals surface area contributed by atoms with Gasteiger partial charge in [0.15, 0.2) is 0 Å². The SMILES string of the molecule is CC1(C)OB(CCCN2CCOCC2)OC1(C)C. The third-order valence-electron chi connectivity index (χ3n) is 4.32. The van der Waals surface area contributed by atoms with Crippen molar-refractivity contribution in [2.45, 2.75) is 51.6 Å². The summed E-state index contributed by atoms with van der Waals surface area (Å²) >= 11 is 0. The first-order chi connectivity index (χ1) is 8.41. The van der Waals surface area contributed by atoms with Gasteiger partial charge >= 0.3 is 7.12 Å². The van der Waals surface area contributed by atoms with Crippen LogP contribution in [0.3, 0.4) is 0 Å². The summed E-state index contributed by atoms with van der Waals surface area (Å²) < 4.78 is 17.3. The highest BCUT2D eigenvalue weighted by molar-refractivity contribution is 6.45. The first kappa shape index (κ1) is 14.3. The molecular weight excluding hydrogens is 229 g/mol. The molecule has 2 fully saturated rings. The van der Waals surface area contributed by atoms with Crippen molar-refractivity contribution in [1.29, 1.82) is 0 Å². The Morgan fingerprint density at radius 1 is 1.00 bits per heavy atom. The Bertz CT molecular complexity index is 261.